The van der Waals surface area contributed by atoms with Gasteiger partial charge < -0.3 is 14.4 Å². The molecule has 0 aromatic heterocycles. The summed E-state index contributed by atoms with van der Waals surface area (Å²) in [6.07, 6.45) is 2.14. The summed E-state index contributed by atoms with van der Waals surface area (Å²) in [5.41, 5.74) is 2.66. The van der Waals surface area contributed by atoms with Crippen molar-refractivity contribution in [3.05, 3.63) is 52.5 Å². The van der Waals surface area contributed by atoms with Crippen LogP contribution in [-0.2, 0) is 0 Å². The van der Waals surface area contributed by atoms with Gasteiger partial charge in [-0.2, -0.15) is 5.26 Å². The van der Waals surface area contributed by atoms with Gasteiger partial charge in [-0.1, -0.05) is 11.6 Å². The number of nitrogens with zero attached hydrogens (tertiary/aromatic N) is 2. The minimum Gasteiger partial charge on any atom is -0.497 e. The molecule has 24 heavy (non-hydrogen) atoms. The fourth-order valence-electron chi connectivity index (χ4n) is 3.27. The summed E-state index contributed by atoms with van der Waals surface area (Å²) in [4.78, 5) is 2.32. The van der Waals surface area contributed by atoms with Crippen LogP contribution in [0.15, 0.2) is 36.4 Å². The van der Waals surface area contributed by atoms with E-state index in [9.17, 15) is 0 Å². The summed E-state index contributed by atoms with van der Waals surface area (Å²) in [5, 5.41) is 9.53. The topological polar surface area (TPSA) is 45.5 Å². The second-order valence-electron chi connectivity index (χ2n) is 5.74. The number of halogens is 1. The number of ether oxygens (including phenoxy) is 2. The molecule has 1 heterocycles. The first-order valence-corrected chi connectivity index (χ1v) is 8.24. The van der Waals surface area contributed by atoms with Gasteiger partial charge in [0, 0.05) is 23.9 Å². The number of benzene rings is 2. The zero-order chi connectivity index (χ0) is 17.1. The molecule has 1 unspecified atom stereocenters. The Balaban J connectivity index is 1.97. The Hall–Kier alpha value is -2.38. The summed E-state index contributed by atoms with van der Waals surface area (Å²) < 4.78 is 10.9. The zero-order valence-corrected chi connectivity index (χ0v) is 14.5. The molecule has 0 bridgehead atoms. The molecule has 1 aliphatic heterocycles. The van der Waals surface area contributed by atoms with Crippen LogP contribution in [0.1, 0.15) is 30.0 Å². The van der Waals surface area contributed by atoms with E-state index in [2.05, 4.69) is 17.0 Å². The van der Waals surface area contributed by atoms with Crippen LogP contribution in [-0.4, -0.2) is 20.8 Å². The first kappa shape index (κ1) is 16.5. The molecule has 0 radical (unpaired) electrons. The maximum atomic E-state index is 9.05. The number of anilines is 1. The Kier molecular flexibility index (Phi) is 4.82. The molecule has 0 N–H and O–H groups in total. The number of hydrogen-bond acceptors (Lipinski definition) is 4. The van der Waals surface area contributed by atoms with Crippen LogP contribution in [0.2, 0.25) is 5.02 Å². The number of rotatable bonds is 4. The Morgan fingerprint density at radius 2 is 2.00 bits per heavy atom. The Morgan fingerprint density at radius 3 is 2.67 bits per heavy atom. The van der Waals surface area contributed by atoms with Crippen LogP contribution in [0.4, 0.5) is 5.69 Å². The van der Waals surface area contributed by atoms with Gasteiger partial charge in [0.05, 0.1) is 30.8 Å². The van der Waals surface area contributed by atoms with Gasteiger partial charge in [0.2, 0.25) is 0 Å². The third-order valence-corrected chi connectivity index (χ3v) is 4.77. The normalized spacial score (nSPS) is 16.8. The van der Waals surface area contributed by atoms with Gasteiger partial charge in [-0.25, -0.2) is 0 Å². The second kappa shape index (κ2) is 7.02. The Bertz CT molecular complexity index is 785. The summed E-state index contributed by atoms with van der Waals surface area (Å²) in [6.45, 7) is 0.947. The standard InChI is InChI=1S/C19H19ClN2O2/c1-23-15-7-8-16(19(11-15)24-2)18-4-3-9-22(18)14-6-5-13(12-21)17(20)10-14/h5-8,10-11,18H,3-4,9H2,1-2H3. The summed E-state index contributed by atoms with van der Waals surface area (Å²) in [6, 6.07) is 13.9. The molecule has 0 aliphatic carbocycles. The maximum absolute atomic E-state index is 9.05. The molecule has 1 atom stereocenters. The predicted octanol–water partition coefficient (Wildman–Crippen LogP) is 4.57. The molecule has 1 fully saturated rings. The van der Waals surface area contributed by atoms with Crippen molar-refractivity contribution in [2.24, 2.45) is 0 Å². The summed E-state index contributed by atoms with van der Waals surface area (Å²) in [5.74, 6) is 1.60. The molecule has 5 heteroatoms. The van der Waals surface area contributed by atoms with Gasteiger partial charge >= 0.3 is 0 Å². The van der Waals surface area contributed by atoms with E-state index in [1.54, 1.807) is 20.3 Å². The Labute approximate surface area is 147 Å². The van der Waals surface area contributed by atoms with Gasteiger partial charge in [0.25, 0.3) is 0 Å². The third-order valence-electron chi connectivity index (χ3n) is 4.46. The molecule has 0 amide bonds. The lowest BCUT2D eigenvalue weighted by Gasteiger charge is -2.28. The minimum absolute atomic E-state index is 0.217. The van der Waals surface area contributed by atoms with Gasteiger partial charge in [0.15, 0.2) is 0 Å². The summed E-state index contributed by atoms with van der Waals surface area (Å²) in [7, 11) is 3.32. The average Bonchev–Trinajstić information content (AvgIpc) is 3.10. The Morgan fingerprint density at radius 1 is 1.17 bits per heavy atom. The highest BCUT2D eigenvalue weighted by atomic mass is 35.5. The molecular weight excluding hydrogens is 324 g/mol. The average molecular weight is 343 g/mol. The van der Waals surface area contributed by atoms with Crippen molar-refractivity contribution >= 4 is 17.3 Å². The molecule has 2 aromatic rings. The van der Waals surface area contributed by atoms with E-state index < -0.39 is 0 Å². The smallest absolute Gasteiger partial charge is 0.127 e. The first-order chi connectivity index (χ1) is 11.7. The van der Waals surface area contributed by atoms with E-state index in [1.165, 1.54) is 0 Å². The molecular formula is C19H19ClN2O2. The van der Waals surface area contributed by atoms with Gasteiger partial charge in [-0.3, -0.25) is 0 Å². The van der Waals surface area contributed by atoms with Crippen LogP contribution in [0.5, 0.6) is 11.5 Å². The highest BCUT2D eigenvalue weighted by Crippen LogP contribution is 2.41. The van der Waals surface area contributed by atoms with Crippen LogP contribution >= 0.6 is 11.6 Å². The van der Waals surface area contributed by atoms with E-state index in [-0.39, 0.29) is 6.04 Å². The summed E-state index contributed by atoms with van der Waals surface area (Å²) >= 11 is 6.21. The van der Waals surface area contributed by atoms with Gasteiger partial charge in [-0.05, 0) is 43.2 Å². The van der Waals surface area contributed by atoms with Crippen molar-refractivity contribution in [2.75, 3.05) is 25.7 Å². The zero-order valence-electron chi connectivity index (χ0n) is 13.8. The minimum atomic E-state index is 0.217. The fourth-order valence-corrected chi connectivity index (χ4v) is 3.48. The number of methoxy groups -OCH3 is 2. The van der Waals surface area contributed by atoms with Crippen molar-refractivity contribution in [3.63, 3.8) is 0 Å². The van der Waals surface area contributed by atoms with Gasteiger partial charge in [0.1, 0.15) is 17.6 Å². The number of hydrogen-bond donors (Lipinski definition) is 0. The molecule has 0 saturated carbocycles. The quantitative estimate of drug-likeness (QED) is 0.816. The van der Waals surface area contributed by atoms with Crippen molar-refractivity contribution in [1.29, 1.82) is 5.26 Å². The van der Waals surface area contributed by atoms with Crippen LogP contribution in [0.25, 0.3) is 0 Å². The van der Waals surface area contributed by atoms with E-state index in [0.717, 1.165) is 42.1 Å². The largest absolute Gasteiger partial charge is 0.497 e. The van der Waals surface area contributed by atoms with E-state index in [4.69, 9.17) is 26.3 Å². The molecule has 0 spiro atoms. The van der Waals surface area contributed by atoms with Crippen molar-refractivity contribution in [1.82, 2.24) is 0 Å². The first-order valence-electron chi connectivity index (χ1n) is 7.86. The van der Waals surface area contributed by atoms with Crippen LogP contribution < -0.4 is 14.4 Å². The van der Waals surface area contributed by atoms with Crippen molar-refractivity contribution in [2.45, 2.75) is 18.9 Å². The van der Waals surface area contributed by atoms with Crippen LogP contribution in [0, 0.1) is 11.3 Å². The predicted molar refractivity (Wildman–Crippen MR) is 95.0 cm³/mol. The lowest BCUT2D eigenvalue weighted by Crippen LogP contribution is -2.23. The molecule has 1 aliphatic rings. The van der Waals surface area contributed by atoms with Crippen molar-refractivity contribution in [3.8, 4) is 17.6 Å². The lowest BCUT2D eigenvalue weighted by atomic mass is 10.0. The maximum Gasteiger partial charge on any atom is 0.127 e. The molecule has 3 rings (SSSR count). The van der Waals surface area contributed by atoms with Crippen LogP contribution in [0.3, 0.4) is 0 Å². The SMILES string of the molecule is COc1ccc(C2CCCN2c2ccc(C#N)c(Cl)c2)c(OC)c1. The van der Waals surface area contributed by atoms with Gasteiger partial charge in [-0.15, -0.1) is 0 Å². The second-order valence-corrected chi connectivity index (χ2v) is 6.14. The molecule has 124 valence electrons. The lowest BCUT2D eigenvalue weighted by molar-refractivity contribution is 0.388. The molecule has 4 nitrogen and oxygen atoms in total. The highest BCUT2D eigenvalue weighted by Gasteiger charge is 2.29. The monoisotopic (exact) mass is 342 g/mol. The fraction of sp³-hybridized carbons (Fsp3) is 0.316. The molecule has 1 saturated heterocycles. The van der Waals surface area contributed by atoms with Crippen molar-refractivity contribution < 1.29 is 9.47 Å². The van der Waals surface area contributed by atoms with E-state index in [0.29, 0.717) is 10.6 Å². The molecule has 2 aromatic carbocycles. The van der Waals surface area contributed by atoms with E-state index >= 15 is 0 Å². The number of nitriles is 1. The highest BCUT2D eigenvalue weighted by molar-refractivity contribution is 6.32. The van der Waals surface area contributed by atoms with E-state index in [1.807, 2.05) is 24.3 Å². The third kappa shape index (κ3) is 3.00.